The van der Waals surface area contributed by atoms with E-state index in [9.17, 15) is 0 Å². The Bertz CT molecular complexity index is 581. The van der Waals surface area contributed by atoms with Crippen molar-refractivity contribution in [3.05, 3.63) is 62.0 Å². The van der Waals surface area contributed by atoms with Crippen LogP contribution in [0.4, 0.5) is 5.69 Å². The van der Waals surface area contributed by atoms with Crippen LogP contribution in [0.25, 0.3) is 0 Å². The summed E-state index contributed by atoms with van der Waals surface area (Å²) in [6.45, 7) is 1.26. The molecular formula is C15H14BrCl2NO. The fourth-order valence-corrected chi connectivity index (χ4v) is 3.24. The Morgan fingerprint density at radius 2 is 1.75 bits per heavy atom. The quantitative estimate of drug-likeness (QED) is 0.744. The van der Waals surface area contributed by atoms with Crippen molar-refractivity contribution in [1.82, 2.24) is 0 Å². The molecule has 20 heavy (non-hydrogen) atoms. The maximum atomic E-state index is 6.19. The summed E-state index contributed by atoms with van der Waals surface area (Å²) >= 11 is 15.7. The molecule has 2 nitrogen and oxygen atoms in total. The second-order valence-corrected chi connectivity index (χ2v) is 6.08. The van der Waals surface area contributed by atoms with Crippen molar-refractivity contribution in [3.8, 4) is 0 Å². The lowest BCUT2D eigenvalue weighted by molar-refractivity contribution is 0.185. The van der Waals surface area contributed by atoms with Crippen molar-refractivity contribution in [2.75, 3.05) is 12.4 Å². The highest BCUT2D eigenvalue weighted by molar-refractivity contribution is 9.10. The van der Waals surface area contributed by atoms with E-state index in [1.54, 1.807) is 7.11 Å². The normalized spacial score (nSPS) is 10.6. The Morgan fingerprint density at radius 3 is 2.40 bits per heavy atom. The average Bonchev–Trinajstić information content (AvgIpc) is 2.38. The molecule has 0 aliphatic carbocycles. The standard InChI is InChI=1S/C15H14BrCl2NO/c1-20-9-11-4-2-3-10(5-11)8-19-15-13(17)6-12(16)7-14(15)18/h2-7,19H,8-9H2,1H3. The van der Waals surface area contributed by atoms with E-state index in [0.717, 1.165) is 21.3 Å². The lowest BCUT2D eigenvalue weighted by Gasteiger charge is -2.12. The van der Waals surface area contributed by atoms with E-state index in [1.807, 2.05) is 30.3 Å². The molecular weight excluding hydrogens is 361 g/mol. The first-order valence-corrected chi connectivity index (χ1v) is 7.60. The second kappa shape index (κ2) is 7.32. The molecule has 5 heteroatoms. The van der Waals surface area contributed by atoms with Gasteiger partial charge in [0.2, 0.25) is 0 Å². The SMILES string of the molecule is COCc1cccc(CNc2c(Cl)cc(Br)cc2Cl)c1. The van der Waals surface area contributed by atoms with Gasteiger partial charge in [0, 0.05) is 18.1 Å². The summed E-state index contributed by atoms with van der Waals surface area (Å²) in [6.07, 6.45) is 0. The van der Waals surface area contributed by atoms with E-state index in [4.69, 9.17) is 27.9 Å². The minimum atomic E-state index is 0.595. The van der Waals surface area contributed by atoms with Crippen molar-refractivity contribution in [1.29, 1.82) is 0 Å². The van der Waals surface area contributed by atoms with E-state index < -0.39 is 0 Å². The van der Waals surface area contributed by atoms with Crippen molar-refractivity contribution >= 4 is 44.8 Å². The first-order chi connectivity index (χ1) is 9.60. The van der Waals surface area contributed by atoms with E-state index in [-0.39, 0.29) is 0 Å². The van der Waals surface area contributed by atoms with Crippen LogP contribution >= 0.6 is 39.1 Å². The molecule has 1 N–H and O–H groups in total. The van der Waals surface area contributed by atoms with Crippen LogP contribution in [0.5, 0.6) is 0 Å². The Labute approximate surface area is 137 Å². The monoisotopic (exact) mass is 373 g/mol. The fraction of sp³-hybridized carbons (Fsp3) is 0.200. The number of methoxy groups -OCH3 is 1. The number of anilines is 1. The molecule has 2 rings (SSSR count). The summed E-state index contributed by atoms with van der Waals surface area (Å²) in [4.78, 5) is 0. The molecule has 106 valence electrons. The zero-order valence-electron chi connectivity index (χ0n) is 10.9. The molecule has 0 saturated heterocycles. The van der Waals surface area contributed by atoms with Gasteiger partial charge in [0.05, 0.1) is 22.3 Å². The topological polar surface area (TPSA) is 21.3 Å². The van der Waals surface area contributed by atoms with Gasteiger partial charge in [0.15, 0.2) is 0 Å². The van der Waals surface area contributed by atoms with Crippen LogP contribution in [0.3, 0.4) is 0 Å². The minimum absolute atomic E-state index is 0.595. The van der Waals surface area contributed by atoms with Gasteiger partial charge >= 0.3 is 0 Å². The molecule has 2 aromatic carbocycles. The fourth-order valence-electron chi connectivity index (χ4n) is 1.90. The van der Waals surface area contributed by atoms with Crippen LogP contribution in [0, 0.1) is 0 Å². The third-order valence-corrected chi connectivity index (χ3v) is 3.83. The number of nitrogens with one attached hydrogen (secondary N) is 1. The highest BCUT2D eigenvalue weighted by Crippen LogP contribution is 2.34. The molecule has 0 amide bonds. The lowest BCUT2D eigenvalue weighted by Crippen LogP contribution is -2.01. The Balaban J connectivity index is 2.11. The third kappa shape index (κ3) is 4.13. The van der Waals surface area contributed by atoms with Crippen molar-refractivity contribution in [3.63, 3.8) is 0 Å². The summed E-state index contributed by atoms with van der Waals surface area (Å²) in [7, 11) is 1.69. The smallest absolute Gasteiger partial charge is 0.0722 e. The summed E-state index contributed by atoms with van der Waals surface area (Å²) in [5.41, 5.74) is 3.03. The van der Waals surface area contributed by atoms with Gasteiger partial charge in [-0.2, -0.15) is 0 Å². The molecule has 0 heterocycles. The number of hydrogen-bond donors (Lipinski definition) is 1. The van der Waals surface area contributed by atoms with Gasteiger partial charge in [-0.15, -0.1) is 0 Å². The van der Waals surface area contributed by atoms with Gasteiger partial charge in [-0.25, -0.2) is 0 Å². The second-order valence-electron chi connectivity index (χ2n) is 4.35. The van der Waals surface area contributed by atoms with Crippen molar-refractivity contribution in [2.24, 2.45) is 0 Å². The Kier molecular flexibility index (Phi) is 5.73. The summed E-state index contributed by atoms with van der Waals surface area (Å²) in [6, 6.07) is 11.8. The maximum Gasteiger partial charge on any atom is 0.0722 e. The number of halogens is 3. The van der Waals surface area contributed by atoms with Crippen LogP contribution in [-0.4, -0.2) is 7.11 Å². The molecule has 0 atom stereocenters. The number of ether oxygens (including phenoxy) is 1. The van der Waals surface area contributed by atoms with Gasteiger partial charge in [0.25, 0.3) is 0 Å². The highest BCUT2D eigenvalue weighted by atomic mass is 79.9. The van der Waals surface area contributed by atoms with Crippen LogP contribution in [-0.2, 0) is 17.9 Å². The molecule has 0 saturated carbocycles. The predicted molar refractivity (Wildman–Crippen MR) is 88.6 cm³/mol. The molecule has 0 radical (unpaired) electrons. The van der Waals surface area contributed by atoms with Crippen molar-refractivity contribution in [2.45, 2.75) is 13.2 Å². The summed E-state index contributed by atoms with van der Waals surface area (Å²) in [5, 5.41) is 4.46. The highest BCUT2D eigenvalue weighted by Gasteiger charge is 2.07. The van der Waals surface area contributed by atoms with E-state index in [2.05, 4.69) is 27.3 Å². The van der Waals surface area contributed by atoms with Crippen LogP contribution in [0.2, 0.25) is 10.0 Å². The number of hydrogen-bond acceptors (Lipinski definition) is 2. The molecule has 0 unspecified atom stereocenters. The number of benzene rings is 2. The largest absolute Gasteiger partial charge is 0.380 e. The molecule has 2 aromatic rings. The van der Waals surface area contributed by atoms with Crippen LogP contribution in [0.15, 0.2) is 40.9 Å². The zero-order valence-corrected chi connectivity index (χ0v) is 14.0. The van der Waals surface area contributed by atoms with Gasteiger partial charge in [-0.05, 0) is 23.3 Å². The maximum absolute atomic E-state index is 6.19. The van der Waals surface area contributed by atoms with Gasteiger partial charge in [0.1, 0.15) is 0 Å². The summed E-state index contributed by atoms with van der Waals surface area (Å²) in [5.74, 6) is 0. The third-order valence-electron chi connectivity index (χ3n) is 2.78. The van der Waals surface area contributed by atoms with Crippen molar-refractivity contribution < 1.29 is 4.74 Å². The van der Waals surface area contributed by atoms with E-state index >= 15 is 0 Å². The molecule has 0 bridgehead atoms. The predicted octanol–water partition coefficient (Wildman–Crippen LogP) is 5.51. The average molecular weight is 375 g/mol. The van der Waals surface area contributed by atoms with Gasteiger partial charge < -0.3 is 10.1 Å². The minimum Gasteiger partial charge on any atom is -0.380 e. The van der Waals surface area contributed by atoms with Gasteiger partial charge in [-0.1, -0.05) is 63.4 Å². The molecule has 0 aliphatic heterocycles. The molecule has 0 spiro atoms. The van der Waals surface area contributed by atoms with E-state index in [0.29, 0.717) is 23.2 Å². The molecule has 0 aliphatic rings. The first kappa shape index (κ1) is 15.6. The Hall–Kier alpha value is -0.740. The van der Waals surface area contributed by atoms with Crippen LogP contribution in [0.1, 0.15) is 11.1 Å². The zero-order chi connectivity index (χ0) is 14.5. The van der Waals surface area contributed by atoms with Crippen LogP contribution < -0.4 is 5.32 Å². The Morgan fingerprint density at radius 1 is 1.10 bits per heavy atom. The molecule has 0 fully saturated rings. The van der Waals surface area contributed by atoms with Gasteiger partial charge in [-0.3, -0.25) is 0 Å². The molecule has 0 aromatic heterocycles. The summed E-state index contributed by atoms with van der Waals surface area (Å²) < 4.78 is 5.99. The van der Waals surface area contributed by atoms with E-state index in [1.165, 1.54) is 0 Å². The first-order valence-electron chi connectivity index (χ1n) is 6.05. The number of rotatable bonds is 5. The lowest BCUT2D eigenvalue weighted by atomic mass is 10.1.